The quantitative estimate of drug-likeness (QED) is 0.884. The number of anilines is 1. The summed E-state index contributed by atoms with van der Waals surface area (Å²) in [6.45, 7) is 1.76. The van der Waals surface area contributed by atoms with Crippen molar-refractivity contribution in [3.63, 3.8) is 0 Å². The first kappa shape index (κ1) is 16.8. The molecule has 2 amide bonds. The predicted molar refractivity (Wildman–Crippen MR) is 90.1 cm³/mol. The van der Waals surface area contributed by atoms with Gasteiger partial charge in [-0.05, 0) is 48.9 Å². The van der Waals surface area contributed by atoms with Crippen LogP contribution in [0.5, 0.6) is 5.75 Å². The summed E-state index contributed by atoms with van der Waals surface area (Å²) in [4.78, 5) is 23.3. The highest BCUT2D eigenvalue weighted by Gasteiger charge is 2.08. The van der Waals surface area contributed by atoms with Gasteiger partial charge in [0, 0.05) is 18.3 Å². The van der Waals surface area contributed by atoms with Gasteiger partial charge in [0.15, 0.2) is 6.61 Å². The number of nitrogens with one attached hydrogen (secondary N) is 2. The van der Waals surface area contributed by atoms with Gasteiger partial charge < -0.3 is 15.4 Å². The van der Waals surface area contributed by atoms with Crippen molar-refractivity contribution in [2.24, 2.45) is 0 Å². The van der Waals surface area contributed by atoms with Crippen LogP contribution in [0.4, 0.5) is 5.69 Å². The molecule has 0 unspecified atom stereocenters. The Morgan fingerprint density at radius 3 is 2.48 bits per heavy atom. The molecule has 0 aromatic heterocycles. The Hall–Kier alpha value is -2.53. The zero-order valence-corrected chi connectivity index (χ0v) is 13.6. The van der Waals surface area contributed by atoms with Crippen LogP contribution in [0.15, 0.2) is 42.5 Å². The van der Waals surface area contributed by atoms with Crippen molar-refractivity contribution in [3.8, 4) is 5.75 Å². The van der Waals surface area contributed by atoms with Crippen LogP contribution in [0.2, 0.25) is 5.02 Å². The van der Waals surface area contributed by atoms with E-state index >= 15 is 0 Å². The molecule has 0 aliphatic rings. The summed E-state index contributed by atoms with van der Waals surface area (Å²) in [6.07, 6.45) is 0. The van der Waals surface area contributed by atoms with Crippen LogP contribution in [0.1, 0.15) is 15.9 Å². The fourth-order valence-electron chi connectivity index (χ4n) is 1.91. The molecule has 0 aliphatic carbocycles. The number of benzene rings is 2. The summed E-state index contributed by atoms with van der Waals surface area (Å²) in [5.74, 6) is -0.0210. The van der Waals surface area contributed by atoms with Crippen LogP contribution in [0.3, 0.4) is 0 Å². The zero-order valence-electron chi connectivity index (χ0n) is 12.9. The van der Waals surface area contributed by atoms with E-state index in [2.05, 4.69) is 10.6 Å². The van der Waals surface area contributed by atoms with Gasteiger partial charge in [-0.25, -0.2) is 0 Å². The fraction of sp³-hybridized carbons (Fsp3) is 0.176. The molecule has 6 heteroatoms. The second-order valence-corrected chi connectivity index (χ2v) is 5.33. The van der Waals surface area contributed by atoms with E-state index in [9.17, 15) is 9.59 Å². The lowest BCUT2D eigenvalue weighted by Crippen LogP contribution is -2.21. The van der Waals surface area contributed by atoms with Gasteiger partial charge in [-0.15, -0.1) is 0 Å². The molecule has 2 rings (SSSR count). The normalized spacial score (nSPS) is 10.0. The van der Waals surface area contributed by atoms with Crippen LogP contribution < -0.4 is 15.4 Å². The molecule has 0 spiro atoms. The van der Waals surface area contributed by atoms with Crippen molar-refractivity contribution in [2.75, 3.05) is 19.0 Å². The molecule has 0 bridgehead atoms. The molecule has 0 radical (unpaired) electrons. The van der Waals surface area contributed by atoms with E-state index in [0.717, 1.165) is 5.56 Å². The maximum atomic E-state index is 11.9. The van der Waals surface area contributed by atoms with Crippen molar-refractivity contribution in [3.05, 3.63) is 58.6 Å². The lowest BCUT2D eigenvalue weighted by Gasteiger charge is -2.10. The third-order valence-corrected chi connectivity index (χ3v) is 3.42. The maximum absolute atomic E-state index is 11.9. The van der Waals surface area contributed by atoms with Gasteiger partial charge in [0.05, 0.1) is 5.02 Å². The van der Waals surface area contributed by atoms with Gasteiger partial charge >= 0.3 is 0 Å². The Morgan fingerprint density at radius 2 is 1.83 bits per heavy atom. The number of amides is 2. The van der Waals surface area contributed by atoms with E-state index in [4.69, 9.17) is 16.3 Å². The van der Waals surface area contributed by atoms with Crippen molar-refractivity contribution >= 4 is 29.1 Å². The molecule has 2 N–H and O–H groups in total. The summed E-state index contributed by atoms with van der Waals surface area (Å²) in [5.41, 5.74) is 2.10. The minimum absolute atomic E-state index is 0.152. The van der Waals surface area contributed by atoms with Crippen molar-refractivity contribution in [2.45, 2.75) is 6.92 Å². The highest BCUT2D eigenvalue weighted by molar-refractivity contribution is 6.32. The van der Waals surface area contributed by atoms with Gasteiger partial charge in [0.1, 0.15) is 5.75 Å². The summed E-state index contributed by atoms with van der Waals surface area (Å²) >= 11 is 6.01. The number of hydrogen-bond donors (Lipinski definition) is 2. The third kappa shape index (κ3) is 4.72. The second-order valence-electron chi connectivity index (χ2n) is 4.93. The number of carbonyl (C=O) groups excluding carboxylic acids is 2. The number of ether oxygens (including phenoxy) is 1. The number of aryl methyl sites for hydroxylation is 1. The molecule has 0 heterocycles. The second kappa shape index (κ2) is 7.65. The summed E-state index contributed by atoms with van der Waals surface area (Å²) in [7, 11) is 1.56. The van der Waals surface area contributed by atoms with Crippen molar-refractivity contribution in [1.82, 2.24) is 5.32 Å². The van der Waals surface area contributed by atoms with E-state index in [1.807, 2.05) is 13.0 Å². The van der Waals surface area contributed by atoms with Crippen molar-refractivity contribution < 1.29 is 14.3 Å². The van der Waals surface area contributed by atoms with Crippen LogP contribution in [0.25, 0.3) is 0 Å². The Bertz CT molecular complexity index is 714. The Morgan fingerprint density at radius 1 is 1.13 bits per heavy atom. The highest BCUT2D eigenvalue weighted by Crippen LogP contribution is 2.25. The Balaban J connectivity index is 1.92. The van der Waals surface area contributed by atoms with Crippen LogP contribution in [-0.4, -0.2) is 25.5 Å². The molecule has 0 atom stereocenters. The number of hydrogen-bond acceptors (Lipinski definition) is 3. The smallest absolute Gasteiger partial charge is 0.262 e. The summed E-state index contributed by atoms with van der Waals surface area (Å²) < 4.78 is 5.42. The highest BCUT2D eigenvalue weighted by atomic mass is 35.5. The Kier molecular flexibility index (Phi) is 5.60. The largest absolute Gasteiger partial charge is 0.482 e. The molecule has 2 aromatic carbocycles. The lowest BCUT2D eigenvalue weighted by atomic mass is 10.2. The molecular formula is C17H17ClN2O3. The first-order chi connectivity index (χ1) is 11.0. The van der Waals surface area contributed by atoms with E-state index in [0.29, 0.717) is 22.0 Å². The minimum Gasteiger partial charge on any atom is -0.482 e. The standard InChI is InChI=1S/C17H17ClN2O3/c1-11-3-8-14(18)15(9-11)23-10-16(21)20-13-6-4-12(5-7-13)17(22)19-2/h3-9H,10H2,1-2H3,(H,19,22)(H,20,21). The van der Waals surface area contributed by atoms with E-state index in [-0.39, 0.29) is 18.4 Å². The number of carbonyl (C=O) groups is 2. The first-order valence-electron chi connectivity index (χ1n) is 7.00. The van der Waals surface area contributed by atoms with Gasteiger partial charge in [0.2, 0.25) is 0 Å². The van der Waals surface area contributed by atoms with Gasteiger partial charge in [-0.3, -0.25) is 9.59 Å². The van der Waals surface area contributed by atoms with Gasteiger partial charge in [0.25, 0.3) is 11.8 Å². The molecule has 0 saturated heterocycles. The fourth-order valence-corrected chi connectivity index (χ4v) is 2.08. The molecule has 5 nitrogen and oxygen atoms in total. The van der Waals surface area contributed by atoms with Gasteiger partial charge in [-0.1, -0.05) is 17.7 Å². The number of halogens is 1. The summed E-state index contributed by atoms with van der Waals surface area (Å²) in [6, 6.07) is 11.9. The Labute approximate surface area is 139 Å². The predicted octanol–water partition coefficient (Wildman–Crippen LogP) is 3.03. The van der Waals surface area contributed by atoms with Crippen LogP contribution >= 0.6 is 11.6 Å². The maximum Gasteiger partial charge on any atom is 0.262 e. The van der Waals surface area contributed by atoms with E-state index < -0.39 is 0 Å². The zero-order chi connectivity index (χ0) is 16.8. The van der Waals surface area contributed by atoms with E-state index in [1.165, 1.54) is 0 Å². The van der Waals surface area contributed by atoms with Gasteiger partial charge in [-0.2, -0.15) is 0 Å². The third-order valence-electron chi connectivity index (χ3n) is 3.10. The lowest BCUT2D eigenvalue weighted by molar-refractivity contribution is -0.118. The molecule has 0 saturated carbocycles. The molecule has 23 heavy (non-hydrogen) atoms. The minimum atomic E-state index is -0.310. The number of rotatable bonds is 5. The SMILES string of the molecule is CNC(=O)c1ccc(NC(=O)COc2cc(C)ccc2Cl)cc1. The molecule has 2 aromatic rings. The summed E-state index contributed by atoms with van der Waals surface area (Å²) in [5, 5.41) is 5.68. The first-order valence-corrected chi connectivity index (χ1v) is 7.38. The molecule has 0 aliphatic heterocycles. The van der Waals surface area contributed by atoms with Crippen LogP contribution in [-0.2, 0) is 4.79 Å². The molecule has 120 valence electrons. The van der Waals surface area contributed by atoms with E-state index in [1.54, 1.807) is 43.4 Å². The topological polar surface area (TPSA) is 67.4 Å². The van der Waals surface area contributed by atoms with Crippen LogP contribution in [0, 0.1) is 6.92 Å². The monoisotopic (exact) mass is 332 g/mol. The molecule has 0 fully saturated rings. The average molecular weight is 333 g/mol. The molecular weight excluding hydrogens is 316 g/mol. The van der Waals surface area contributed by atoms with Crippen molar-refractivity contribution in [1.29, 1.82) is 0 Å². The average Bonchev–Trinajstić information content (AvgIpc) is 2.55.